The Balaban J connectivity index is 1.62. The molecule has 5 N–H and O–H groups in total. The molecule has 0 saturated carbocycles. The van der Waals surface area contributed by atoms with Gasteiger partial charge in [0.05, 0.1) is 48.9 Å². The molecule has 0 aromatic carbocycles. The van der Waals surface area contributed by atoms with Gasteiger partial charge in [0.25, 0.3) is 5.67 Å². The number of ether oxygens (including phenoxy) is 5. The molecule has 68 heavy (non-hydrogen) atoms. The number of anilines is 1. The fourth-order valence-electron chi connectivity index (χ4n) is 9.19. The fraction of sp³-hybridized carbons (Fsp3) is 0.702. The van der Waals surface area contributed by atoms with Crippen molar-refractivity contribution >= 4 is 52.1 Å². The summed E-state index contributed by atoms with van der Waals surface area (Å²) in [7, 11) is 3.62. The molecule has 3 aliphatic rings. The van der Waals surface area contributed by atoms with Gasteiger partial charge in [-0.15, -0.1) is 11.3 Å². The maximum atomic E-state index is 17.0. The van der Waals surface area contributed by atoms with Crippen LogP contribution >= 0.6 is 11.3 Å². The first kappa shape index (κ1) is 54.7. The lowest BCUT2D eigenvalue weighted by Gasteiger charge is -2.47. The van der Waals surface area contributed by atoms with E-state index in [1.165, 1.54) is 25.2 Å². The standard InChI is InChI=1S/C47H70FN7O12S/c1-13-33-47(10,61)40-26(5)36(53-35(56)14-2)24(3)19-45(8,39(27(6)38(58)46(9,48)44(60)66-33)67-43-37(57)32(55(11)12)18-25(4)65-43)63-21-29(20-62-40)54-64-22-30-23-68-42(50-30)31-16-15-17-34(51-31)52-41(59)28(7)49/h15-17,23-28,32-33,37,39-40,43,57,61H,13-14,18-22,49H2,1-12H3,(H,51,52,59)/b53-36?,54-29+/t24-,25-,26+,27+,28+,32+,33-,37-,39-,40-,43+,45?,46?,47?/m1/s1. The van der Waals surface area contributed by atoms with Crippen LogP contribution in [0, 0.1) is 17.8 Å². The molecule has 2 aromatic heterocycles. The number of aromatic nitrogens is 2. The van der Waals surface area contributed by atoms with Crippen molar-refractivity contribution in [3.05, 3.63) is 29.3 Å². The second kappa shape index (κ2) is 22.7. The number of hydrogen-bond acceptors (Lipinski definition) is 18. The first-order valence-corrected chi connectivity index (χ1v) is 24.1. The van der Waals surface area contributed by atoms with Crippen LogP contribution in [-0.4, -0.2) is 153 Å². The van der Waals surface area contributed by atoms with Crippen LogP contribution in [0.3, 0.4) is 0 Å². The van der Waals surface area contributed by atoms with Crippen LogP contribution in [0.4, 0.5) is 10.2 Å². The highest BCUT2D eigenvalue weighted by Gasteiger charge is 2.57. The molecule has 0 radical (unpaired) electrons. The molecule has 2 amide bonds. The number of nitrogens with zero attached hydrogens (tertiary/aromatic N) is 5. The number of hydrogen-bond donors (Lipinski definition) is 4. The third-order valence-corrected chi connectivity index (χ3v) is 13.9. The van der Waals surface area contributed by atoms with Crippen LogP contribution in [0.25, 0.3) is 10.7 Å². The van der Waals surface area contributed by atoms with Crippen molar-refractivity contribution in [2.75, 3.05) is 32.6 Å². The van der Waals surface area contributed by atoms with Gasteiger partial charge in [-0.05, 0) is 86.0 Å². The number of esters is 1. The van der Waals surface area contributed by atoms with Gasteiger partial charge >= 0.3 is 5.97 Å². The van der Waals surface area contributed by atoms with Crippen LogP contribution in [0.2, 0.25) is 0 Å². The zero-order valence-electron chi connectivity index (χ0n) is 41.2. The Morgan fingerprint density at radius 3 is 2.46 bits per heavy atom. The number of likely N-dealkylation sites (N-methyl/N-ethyl adjacent to an activating group) is 1. The molecule has 5 heterocycles. The number of amides is 2. The van der Waals surface area contributed by atoms with Crippen molar-refractivity contribution in [1.29, 1.82) is 0 Å². The Morgan fingerprint density at radius 2 is 1.81 bits per heavy atom. The minimum atomic E-state index is -3.25. The van der Waals surface area contributed by atoms with E-state index in [0.717, 1.165) is 6.92 Å². The maximum Gasteiger partial charge on any atom is 0.351 e. The Labute approximate surface area is 401 Å². The van der Waals surface area contributed by atoms with Crippen molar-refractivity contribution in [2.45, 2.75) is 167 Å². The van der Waals surface area contributed by atoms with Gasteiger partial charge in [0.2, 0.25) is 11.8 Å². The zero-order chi connectivity index (χ0) is 50.5. The molecule has 0 spiro atoms. The Hall–Kier alpha value is -4.19. The molecule has 14 atom stereocenters. The summed E-state index contributed by atoms with van der Waals surface area (Å²) < 4.78 is 49.0. The first-order valence-electron chi connectivity index (χ1n) is 23.2. The number of pyridine rings is 1. The lowest BCUT2D eigenvalue weighted by Crippen LogP contribution is -2.61. The SMILES string of the molecule is CCC(=O)N=C1[C@H](C)CC2(C)OC/C(=N/OCc3csc(-c4cccc(NC(=O)[C@H](C)N)n4)n3)CO[C@H]([C@H]1C)C(C)(O)[C@@H](CC)OC(=O)C(C)(F)C(=O)[C@H](C)[C@H]2O[C@@H]1O[C@H](C)C[C@H](N(C)C)[C@H]1O. The number of rotatable bonds is 11. The summed E-state index contributed by atoms with van der Waals surface area (Å²) >= 11 is 1.29. The largest absolute Gasteiger partial charge is 0.457 e. The average molecular weight is 976 g/mol. The van der Waals surface area contributed by atoms with E-state index in [1.54, 1.807) is 58.2 Å². The summed E-state index contributed by atoms with van der Waals surface area (Å²) in [5, 5.41) is 33.6. The topological polar surface area (TPSA) is 256 Å². The molecular formula is C47H70FN7O12S. The van der Waals surface area contributed by atoms with Gasteiger partial charge in [0.15, 0.2) is 18.7 Å². The number of oxime groups is 1. The molecule has 2 aromatic rings. The molecule has 3 aliphatic heterocycles. The van der Waals surface area contributed by atoms with Crippen LogP contribution in [0.1, 0.15) is 101 Å². The maximum absolute atomic E-state index is 17.0. The van der Waals surface area contributed by atoms with E-state index in [0.29, 0.717) is 34.3 Å². The van der Waals surface area contributed by atoms with Gasteiger partial charge in [-0.25, -0.2) is 24.1 Å². The molecule has 2 bridgehead atoms. The number of nitrogens with one attached hydrogen (secondary N) is 1. The molecule has 3 saturated heterocycles. The molecule has 378 valence electrons. The number of cyclic esters (lactones) is 1. The smallest absolute Gasteiger partial charge is 0.351 e. The molecule has 19 nitrogen and oxygen atoms in total. The molecule has 5 rings (SSSR count). The Morgan fingerprint density at radius 1 is 1.10 bits per heavy atom. The van der Waals surface area contributed by atoms with Crippen molar-refractivity contribution < 1.29 is 62.3 Å². The number of aliphatic hydroxyl groups is 2. The molecule has 21 heteroatoms. The van der Waals surface area contributed by atoms with E-state index in [4.69, 9.17) is 34.3 Å². The van der Waals surface area contributed by atoms with Gasteiger partial charge in [-0.1, -0.05) is 45.8 Å². The lowest BCUT2D eigenvalue weighted by atomic mass is 9.73. The minimum absolute atomic E-state index is 0.0235. The predicted molar refractivity (Wildman–Crippen MR) is 251 cm³/mol. The number of alkyl halides is 1. The Kier molecular flexibility index (Phi) is 18.3. The van der Waals surface area contributed by atoms with Crippen LogP contribution in [-0.2, 0) is 54.3 Å². The highest BCUT2D eigenvalue weighted by molar-refractivity contribution is 7.13. The summed E-state index contributed by atoms with van der Waals surface area (Å²) in [4.78, 5) is 75.4. The normalized spacial score (nSPS) is 36.1. The van der Waals surface area contributed by atoms with Crippen molar-refractivity contribution in [1.82, 2.24) is 14.9 Å². The summed E-state index contributed by atoms with van der Waals surface area (Å²) in [6, 6.07) is 3.95. The van der Waals surface area contributed by atoms with Crippen LogP contribution in [0.15, 0.2) is 33.7 Å². The number of carbonyl (C=O) groups excluding carboxylic acids is 4. The summed E-state index contributed by atoms with van der Waals surface area (Å²) in [6.07, 6.45) is -6.67. The van der Waals surface area contributed by atoms with Crippen LogP contribution < -0.4 is 11.1 Å². The number of thiazole rings is 1. The number of ketones is 1. The number of aliphatic hydroxyl groups excluding tert-OH is 1. The molecule has 3 unspecified atom stereocenters. The minimum Gasteiger partial charge on any atom is -0.457 e. The third kappa shape index (κ3) is 12.6. The van der Waals surface area contributed by atoms with Crippen molar-refractivity contribution in [2.24, 2.45) is 33.6 Å². The fourth-order valence-corrected chi connectivity index (χ4v) is 9.97. The van der Waals surface area contributed by atoms with Gasteiger partial charge in [0.1, 0.15) is 40.0 Å². The molecule has 3 fully saturated rings. The van der Waals surface area contributed by atoms with E-state index in [-0.39, 0.29) is 44.8 Å². The number of fused-ring (bicyclic) bond motifs is 5. The third-order valence-electron chi connectivity index (χ3n) is 13.0. The van der Waals surface area contributed by atoms with E-state index >= 15 is 4.39 Å². The molecular weight excluding hydrogens is 906 g/mol. The zero-order valence-corrected chi connectivity index (χ0v) is 42.0. The monoisotopic (exact) mass is 975 g/mol. The average Bonchev–Trinajstić information content (AvgIpc) is 3.76. The second-order valence-corrected chi connectivity index (χ2v) is 19.9. The molecule has 0 aliphatic carbocycles. The van der Waals surface area contributed by atoms with Gasteiger partial charge in [-0.2, -0.15) is 0 Å². The van der Waals surface area contributed by atoms with Gasteiger partial charge in [0, 0.05) is 35.4 Å². The number of aliphatic imine (C=N–C) groups is 1. The number of carbonyl (C=O) groups is 4. The van der Waals surface area contributed by atoms with Gasteiger partial charge in [-0.3, -0.25) is 14.4 Å². The second-order valence-electron chi connectivity index (χ2n) is 19.1. The number of nitrogens with two attached hydrogens (primary N) is 1. The highest BCUT2D eigenvalue weighted by atomic mass is 32.1. The van der Waals surface area contributed by atoms with Crippen molar-refractivity contribution in [3.63, 3.8) is 0 Å². The summed E-state index contributed by atoms with van der Waals surface area (Å²) in [5.41, 5.74) is 0.232. The quantitative estimate of drug-likeness (QED) is 0.138. The van der Waals surface area contributed by atoms with Crippen LogP contribution in [0.5, 0.6) is 0 Å². The highest BCUT2D eigenvalue weighted by Crippen LogP contribution is 2.41. The lowest BCUT2D eigenvalue weighted by molar-refractivity contribution is -0.296. The van der Waals surface area contributed by atoms with E-state index < -0.39 is 107 Å². The summed E-state index contributed by atoms with van der Waals surface area (Å²) in [5.74, 6) is -6.25. The number of halogens is 1. The van der Waals surface area contributed by atoms with E-state index in [2.05, 4.69) is 25.4 Å². The Bertz CT molecular complexity index is 2170. The summed E-state index contributed by atoms with van der Waals surface area (Å²) in [6.45, 7) is 14.7. The van der Waals surface area contributed by atoms with Crippen molar-refractivity contribution in [3.8, 4) is 10.7 Å². The van der Waals surface area contributed by atoms with E-state index in [1.807, 2.05) is 32.8 Å². The number of Topliss-reactive ketones (excluding diaryl/α,β-unsaturated/α-hetero) is 1. The first-order chi connectivity index (χ1) is 31.8. The van der Waals surface area contributed by atoms with Gasteiger partial charge < -0.3 is 54.7 Å². The predicted octanol–water partition coefficient (Wildman–Crippen LogP) is 4.41. The van der Waals surface area contributed by atoms with E-state index in [9.17, 15) is 29.4 Å².